The first-order valence-electron chi connectivity index (χ1n) is 6.22. The van der Waals surface area contributed by atoms with E-state index >= 15 is 0 Å². The third kappa shape index (κ3) is 3.30. The fourth-order valence-corrected chi connectivity index (χ4v) is 1.83. The van der Waals surface area contributed by atoms with E-state index in [1.54, 1.807) is 30.1 Å². The van der Waals surface area contributed by atoms with E-state index in [-0.39, 0.29) is 5.91 Å². The molecule has 6 heteroatoms. The number of amides is 1. The topological polar surface area (TPSA) is 84.1 Å². The first kappa shape index (κ1) is 14.0. The maximum absolute atomic E-state index is 12.3. The average molecular weight is 271 g/mol. The molecule has 0 saturated heterocycles. The van der Waals surface area contributed by atoms with Gasteiger partial charge in [0.15, 0.2) is 0 Å². The van der Waals surface area contributed by atoms with Crippen molar-refractivity contribution in [1.82, 2.24) is 14.9 Å². The van der Waals surface area contributed by atoms with Gasteiger partial charge in [0, 0.05) is 12.7 Å². The molecule has 1 amide bonds. The Balaban J connectivity index is 2.12. The van der Waals surface area contributed by atoms with Gasteiger partial charge in [-0.15, -0.1) is 0 Å². The number of hydrazine groups is 1. The molecule has 104 valence electrons. The van der Waals surface area contributed by atoms with E-state index in [1.165, 1.54) is 0 Å². The third-order valence-corrected chi connectivity index (χ3v) is 2.81. The number of hydrogen-bond donors (Lipinski definition) is 2. The first-order chi connectivity index (χ1) is 9.60. The minimum atomic E-state index is -0.176. The molecule has 0 bridgehead atoms. The fourth-order valence-electron chi connectivity index (χ4n) is 1.83. The summed E-state index contributed by atoms with van der Waals surface area (Å²) >= 11 is 0. The Kier molecular flexibility index (Phi) is 4.27. The number of nitrogens with two attached hydrogens (primary N) is 1. The number of carbonyl (C=O) groups excluding carboxylic acids is 1. The number of anilines is 1. The van der Waals surface area contributed by atoms with Crippen molar-refractivity contribution in [3.63, 3.8) is 0 Å². The summed E-state index contributed by atoms with van der Waals surface area (Å²) in [5, 5.41) is 0. The van der Waals surface area contributed by atoms with Crippen LogP contribution in [0.5, 0.6) is 0 Å². The summed E-state index contributed by atoms with van der Waals surface area (Å²) < 4.78 is 0. The lowest BCUT2D eigenvalue weighted by Gasteiger charge is -2.16. The van der Waals surface area contributed by atoms with Crippen LogP contribution >= 0.6 is 0 Å². The second-order valence-corrected chi connectivity index (χ2v) is 4.48. The molecule has 6 nitrogen and oxygen atoms in total. The largest absolute Gasteiger partial charge is 0.334 e. The van der Waals surface area contributed by atoms with Gasteiger partial charge in [0.25, 0.3) is 5.91 Å². The number of aryl methyl sites for hydroxylation is 1. The zero-order valence-corrected chi connectivity index (χ0v) is 11.5. The van der Waals surface area contributed by atoms with Crippen molar-refractivity contribution in [2.45, 2.75) is 13.5 Å². The predicted molar refractivity (Wildman–Crippen MR) is 76.8 cm³/mol. The molecule has 0 aromatic carbocycles. The van der Waals surface area contributed by atoms with E-state index in [1.807, 2.05) is 25.1 Å². The molecule has 0 saturated carbocycles. The van der Waals surface area contributed by atoms with E-state index in [2.05, 4.69) is 15.4 Å². The monoisotopic (exact) mass is 271 g/mol. The van der Waals surface area contributed by atoms with Crippen LogP contribution in [-0.4, -0.2) is 27.8 Å². The molecule has 0 unspecified atom stereocenters. The van der Waals surface area contributed by atoms with Crippen molar-refractivity contribution in [3.8, 4) is 0 Å². The highest BCUT2D eigenvalue weighted by atomic mass is 16.2. The average Bonchev–Trinajstić information content (AvgIpc) is 2.46. The van der Waals surface area contributed by atoms with Gasteiger partial charge in [-0.2, -0.15) is 0 Å². The Morgan fingerprint density at radius 3 is 2.70 bits per heavy atom. The second-order valence-electron chi connectivity index (χ2n) is 4.48. The van der Waals surface area contributed by atoms with Crippen molar-refractivity contribution in [3.05, 3.63) is 53.5 Å². The van der Waals surface area contributed by atoms with Gasteiger partial charge in [-0.3, -0.25) is 9.78 Å². The van der Waals surface area contributed by atoms with Crippen LogP contribution in [-0.2, 0) is 6.54 Å². The van der Waals surface area contributed by atoms with Crippen molar-refractivity contribution >= 4 is 11.7 Å². The van der Waals surface area contributed by atoms with Crippen LogP contribution in [0.3, 0.4) is 0 Å². The second kappa shape index (κ2) is 6.12. The summed E-state index contributed by atoms with van der Waals surface area (Å²) in [7, 11) is 1.72. The summed E-state index contributed by atoms with van der Waals surface area (Å²) in [6.45, 7) is 2.35. The summed E-state index contributed by atoms with van der Waals surface area (Å²) in [6.07, 6.45) is 0. The van der Waals surface area contributed by atoms with Gasteiger partial charge in [0.05, 0.1) is 12.2 Å². The number of nitrogen functional groups attached to an aromatic ring is 1. The molecule has 0 fully saturated rings. The van der Waals surface area contributed by atoms with Crippen molar-refractivity contribution in [1.29, 1.82) is 0 Å². The van der Waals surface area contributed by atoms with Gasteiger partial charge < -0.3 is 10.3 Å². The molecule has 2 rings (SSSR count). The summed E-state index contributed by atoms with van der Waals surface area (Å²) in [4.78, 5) is 22.3. The molecule has 2 heterocycles. The molecule has 0 aliphatic carbocycles. The number of carbonyl (C=O) groups is 1. The van der Waals surface area contributed by atoms with E-state index in [4.69, 9.17) is 5.84 Å². The van der Waals surface area contributed by atoms with E-state index in [0.29, 0.717) is 18.1 Å². The fraction of sp³-hybridized carbons (Fsp3) is 0.214. The smallest absolute Gasteiger partial charge is 0.272 e. The Labute approximate surface area is 117 Å². The molecule has 0 radical (unpaired) electrons. The van der Waals surface area contributed by atoms with Gasteiger partial charge in [0.1, 0.15) is 11.5 Å². The molecular formula is C14H17N5O. The van der Waals surface area contributed by atoms with E-state index in [0.717, 1.165) is 11.4 Å². The number of hydrogen-bond acceptors (Lipinski definition) is 5. The van der Waals surface area contributed by atoms with Gasteiger partial charge in [0.2, 0.25) is 0 Å². The van der Waals surface area contributed by atoms with Gasteiger partial charge in [-0.25, -0.2) is 10.8 Å². The van der Waals surface area contributed by atoms with Crippen molar-refractivity contribution in [2.75, 3.05) is 12.5 Å². The lowest BCUT2D eigenvalue weighted by molar-refractivity contribution is 0.0777. The summed E-state index contributed by atoms with van der Waals surface area (Å²) in [5.74, 6) is 5.57. The van der Waals surface area contributed by atoms with Crippen LogP contribution in [0.4, 0.5) is 5.82 Å². The lowest BCUT2D eigenvalue weighted by atomic mass is 10.2. The molecule has 0 aliphatic heterocycles. The standard InChI is InChI=1S/C14H17N5O/c1-10-5-3-6-11(16-10)9-19(2)14(20)12-7-4-8-13(17-12)18-15/h3-8H,9,15H2,1-2H3,(H,17,18). The first-order valence-corrected chi connectivity index (χ1v) is 6.22. The van der Waals surface area contributed by atoms with Gasteiger partial charge >= 0.3 is 0 Å². The van der Waals surface area contributed by atoms with Crippen molar-refractivity contribution < 1.29 is 4.79 Å². The number of nitrogens with one attached hydrogen (secondary N) is 1. The molecule has 2 aromatic rings. The Morgan fingerprint density at radius 1 is 1.25 bits per heavy atom. The predicted octanol–water partition coefficient (Wildman–Crippen LogP) is 1.34. The maximum atomic E-state index is 12.3. The van der Waals surface area contributed by atoms with E-state index < -0.39 is 0 Å². The van der Waals surface area contributed by atoms with Gasteiger partial charge in [-0.05, 0) is 31.2 Å². The Bertz CT molecular complexity index is 614. The summed E-state index contributed by atoms with van der Waals surface area (Å²) in [6, 6.07) is 10.8. The highest BCUT2D eigenvalue weighted by Crippen LogP contribution is 2.08. The van der Waals surface area contributed by atoms with Crippen LogP contribution in [0.15, 0.2) is 36.4 Å². The molecule has 2 aromatic heterocycles. The zero-order chi connectivity index (χ0) is 14.5. The highest BCUT2D eigenvalue weighted by molar-refractivity contribution is 5.92. The quantitative estimate of drug-likeness (QED) is 0.647. The molecular weight excluding hydrogens is 254 g/mol. The molecule has 20 heavy (non-hydrogen) atoms. The Hall–Kier alpha value is -2.47. The zero-order valence-electron chi connectivity index (χ0n) is 11.5. The number of aromatic nitrogens is 2. The summed E-state index contributed by atoms with van der Waals surface area (Å²) in [5.41, 5.74) is 4.54. The van der Waals surface area contributed by atoms with Crippen LogP contribution in [0, 0.1) is 6.92 Å². The van der Waals surface area contributed by atoms with Gasteiger partial charge in [-0.1, -0.05) is 12.1 Å². The lowest BCUT2D eigenvalue weighted by Crippen LogP contribution is -2.27. The highest BCUT2D eigenvalue weighted by Gasteiger charge is 2.14. The van der Waals surface area contributed by atoms with Crippen LogP contribution in [0.2, 0.25) is 0 Å². The van der Waals surface area contributed by atoms with Crippen LogP contribution in [0.1, 0.15) is 21.9 Å². The molecule has 0 spiro atoms. The molecule has 0 atom stereocenters. The SMILES string of the molecule is Cc1cccc(CN(C)C(=O)c2cccc(NN)n2)n1. The molecule has 0 aliphatic rings. The number of pyridine rings is 2. The minimum absolute atomic E-state index is 0.176. The van der Waals surface area contributed by atoms with E-state index in [9.17, 15) is 4.79 Å². The molecule has 3 N–H and O–H groups in total. The van der Waals surface area contributed by atoms with Crippen molar-refractivity contribution in [2.24, 2.45) is 5.84 Å². The number of rotatable bonds is 4. The van der Waals surface area contributed by atoms with Crippen LogP contribution in [0.25, 0.3) is 0 Å². The minimum Gasteiger partial charge on any atom is -0.334 e. The third-order valence-electron chi connectivity index (χ3n) is 2.81. The number of nitrogens with zero attached hydrogens (tertiary/aromatic N) is 3. The maximum Gasteiger partial charge on any atom is 0.272 e. The Morgan fingerprint density at radius 2 is 2.00 bits per heavy atom. The van der Waals surface area contributed by atoms with Crippen LogP contribution < -0.4 is 11.3 Å². The normalized spacial score (nSPS) is 10.2.